The Morgan fingerprint density at radius 3 is 2.95 bits per heavy atom. The maximum Gasteiger partial charge on any atom is 0.0775 e. The first-order valence-corrected chi connectivity index (χ1v) is 7.19. The Kier molecular flexibility index (Phi) is 3.54. The van der Waals surface area contributed by atoms with Crippen LogP contribution in [0.3, 0.4) is 0 Å². The van der Waals surface area contributed by atoms with Crippen molar-refractivity contribution in [2.24, 2.45) is 5.92 Å². The monoisotopic (exact) mass is 256 g/mol. The number of fused-ring (bicyclic) bond motifs is 1. The van der Waals surface area contributed by atoms with Gasteiger partial charge in [-0.25, -0.2) is 0 Å². The summed E-state index contributed by atoms with van der Waals surface area (Å²) in [5.74, 6) is 0.181. The van der Waals surface area contributed by atoms with Gasteiger partial charge < -0.3 is 10.4 Å². The van der Waals surface area contributed by atoms with Gasteiger partial charge in [-0.15, -0.1) is 0 Å². The largest absolute Gasteiger partial charge is 0.391 e. The van der Waals surface area contributed by atoms with Crippen molar-refractivity contribution in [1.29, 1.82) is 5.26 Å². The summed E-state index contributed by atoms with van der Waals surface area (Å²) in [5, 5.41) is 22.9. The minimum atomic E-state index is -0.333. The van der Waals surface area contributed by atoms with Gasteiger partial charge in [0.2, 0.25) is 0 Å². The van der Waals surface area contributed by atoms with Crippen LogP contribution in [0.1, 0.15) is 42.9 Å². The van der Waals surface area contributed by atoms with Gasteiger partial charge in [0.05, 0.1) is 18.2 Å². The van der Waals surface area contributed by atoms with Crippen LogP contribution in [0.15, 0.2) is 24.3 Å². The Balaban J connectivity index is 1.71. The van der Waals surface area contributed by atoms with E-state index in [1.54, 1.807) is 0 Å². The molecule has 0 aliphatic heterocycles. The summed E-state index contributed by atoms with van der Waals surface area (Å²) in [6, 6.07) is 11.1. The van der Waals surface area contributed by atoms with Crippen molar-refractivity contribution in [3.8, 4) is 6.07 Å². The zero-order chi connectivity index (χ0) is 13.2. The Bertz CT molecular complexity index is 494. The van der Waals surface area contributed by atoms with Crippen LogP contribution in [-0.2, 0) is 6.42 Å². The van der Waals surface area contributed by atoms with Crippen LogP contribution in [-0.4, -0.2) is 17.3 Å². The highest BCUT2D eigenvalue weighted by Gasteiger charge is 2.33. The van der Waals surface area contributed by atoms with E-state index in [0.29, 0.717) is 6.04 Å². The number of nitrogens with zero attached hydrogens (tertiary/aromatic N) is 1. The lowest BCUT2D eigenvalue weighted by Gasteiger charge is -2.30. The summed E-state index contributed by atoms with van der Waals surface area (Å²) < 4.78 is 0. The predicted molar refractivity (Wildman–Crippen MR) is 73.4 cm³/mol. The highest BCUT2D eigenvalue weighted by Crippen LogP contribution is 2.33. The number of benzene rings is 1. The van der Waals surface area contributed by atoms with Gasteiger partial charge in [-0.05, 0) is 30.4 Å². The number of nitrogens with one attached hydrogen (secondary N) is 1. The molecule has 0 saturated heterocycles. The summed E-state index contributed by atoms with van der Waals surface area (Å²) in [6.07, 6.45) is 4.58. The maximum atomic E-state index is 10.2. The van der Waals surface area contributed by atoms with Gasteiger partial charge in [0.1, 0.15) is 0 Å². The van der Waals surface area contributed by atoms with Gasteiger partial charge in [0.25, 0.3) is 0 Å². The Morgan fingerprint density at radius 2 is 2.11 bits per heavy atom. The molecule has 2 N–H and O–H groups in total. The molecule has 1 aromatic rings. The molecule has 0 bridgehead atoms. The number of rotatable bonds is 2. The van der Waals surface area contributed by atoms with E-state index in [-0.39, 0.29) is 18.1 Å². The first-order chi connectivity index (χ1) is 9.28. The van der Waals surface area contributed by atoms with Crippen molar-refractivity contribution in [3.63, 3.8) is 0 Å². The molecule has 0 heterocycles. The third-order valence-corrected chi connectivity index (χ3v) is 4.48. The van der Waals surface area contributed by atoms with Crippen molar-refractivity contribution in [2.45, 2.75) is 50.3 Å². The molecule has 0 radical (unpaired) electrons. The van der Waals surface area contributed by atoms with Crippen LogP contribution in [0, 0.1) is 17.2 Å². The molecule has 100 valence electrons. The van der Waals surface area contributed by atoms with E-state index in [1.807, 2.05) is 12.1 Å². The topological polar surface area (TPSA) is 56.0 Å². The van der Waals surface area contributed by atoms with Crippen LogP contribution in [0.25, 0.3) is 0 Å². The minimum Gasteiger partial charge on any atom is -0.391 e. The average Bonchev–Trinajstić information content (AvgIpc) is 2.76. The van der Waals surface area contributed by atoms with E-state index in [2.05, 4.69) is 23.5 Å². The van der Waals surface area contributed by atoms with Gasteiger partial charge in [-0.3, -0.25) is 0 Å². The maximum absolute atomic E-state index is 10.2. The Morgan fingerprint density at radius 1 is 1.26 bits per heavy atom. The molecule has 1 saturated carbocycles. The van der Waals surface area contributed by atoms with Gasteiger partial charge in [-0.2, -0.15) is 5.26 Å². The smallest absolute Gasteiger partial charge is 0.0775 e. The van der Waals surface area contributed by atoms with Crippen molar-refractivity contribution in [3.05, 3.63) is 35.4 Å². The fourth-order valence-corrected chi connectivity index (χ4v) is 3.49. The molecule has 0 amide bonds. The highest BCUT2D eigenvalue weighted by atomic mass is 16.3. The molecule has 19 heavy (non-hydrogen) atoms. The molecule has 2 unspecified atom stereocenters. The highest BCUT2D eigenvalue weighted by molar-refractivity contribution is 5.36. The standard InChI is InChI=1S/C16H20N2O/c17-10-11-4-3-6-13(8-11)18-16-14-7-2-1-5-12(14)9-15(16)19/h1-2,5,7,11,13,15-16,18-19H,3-4,6,8-9H2/t11?,13?,15-,16+/m1/s1. The van der Waals surface area contributed by atoms with E-state index in [9.17, 15) is 5.11 Å². The number of aliphatic hydroxyl groups excluding tert-OH is 1. The van der Waals surface area contributed by atoms with Crippen LogP contribution in [0.5, 0.6) is 0 Å². The third kappa shape index (κ3) is 2.51. The minimum absolute atomic E-state index is 0.0404. The SMILES string of the molecule is N#CC1CCCC(N[C@H]2c3ccccc3C[C@H]2O)C1. The second-order valence-corrected chi connectivity index (χ2v) is 5.80. The van der Waals surface area contributed by atoms with Crippen molar-refractivity contribution in [1.82, 2.24) is 5.32 Å². The molecule has 1 aromatic carbocycles. The molecular formula is C16H20N2O. The Hall–Kier alpha value is -1.37. The Labute approximate surface area is 114 Å². The van der Waals surface area contributed by atoms with Crippen LogP contribution in [0.4, 0.5) is 0 Å². The molecule has 0 spiro atoms. The van der Waals surface area contributed by atoms with Crippen LogP contribution in [0.2, 0.25) is 0 Å². The lowest BCUT2D eigenvalue weighted by molar-refractivity contribution is 0.128. The van der Waals surface area contributed by atoms with Crippen molar-refractivity contribution in [2.75, 3.05) is 0 Å². The van der Waals surface area contributed by atoms with Gasteiger partial charge in [0, 0.05) is 18.4 Å². The molecule has 4 atom stereocenters. The second-order valence-electron chi connectivity index (χ2n) is 5.80. The van der Waals surface area contributed by atoms with E-state index in [1.165, 1.54) is 11.1 Å². The molecule has 3 heteroatoms. The van der Waals surface area contributed by atoms with Crippen LogP contribution < -0.4 is 5.32 Å². The number of hydrogen-bond donors (Lipinski definition) is 2. The quantitative estimate of drug-likeness (QED) is 0.853. The number of aliphatic hydroxyl groups is 1. The van der Waals surface area contributed by atoms with E-state index in [4.69, 9.17) is 5.26 Å². The number of hydrogen-bond acceptors (Lipinski definition) is 3. The summed E-state index contributed by atoms with van der Waals surface area (Å²) in [6.45, 7) is 0. The average molecular weight is 256 g/mol. The lowest BCUT2D eigenvalue weighted by atomic mass is 9.86. The van der Waals surface area contributed by atoms with Gasteiger partial charge in [0.15, 0.2) is 0 Å². The molecule has 1 fully saturated rings. The molecule has 2 aliphatic rings. The summed E-state index contributed by atoms with van der Waals surface area (Å²) >= 11 is 0. The van der Waals surface area contributed by atoms with E-state index in [0.717, 1.165) is 32.1 Å². The summed E-state index contributed by atoms with van der Waals surface area (Å²) in [5.41, 5.74) is 2.48. The normalized spacial score (nSPS) is 33.7. The zero-order valence-corrected chi connectivity index (χ0v) is 11.0. The van der Waals surface area contributed by atoms with E-state index < -0.39 is 0 Å². The van der Waals surface area contributed by atoms with Gasteiger partial charge in [-0.1, -0.05) is 30.7 Å². The first-order valence-electron chi connectivity index (χ1n) is 7.19. The molecule has 3 rings (SSSR count). The molecule has 2 aliphatic carbocycles. The lowest BCUT2D eigenvalue weighted by Crippen LogP contribution is -2.39. The van der Waals surface area contributed by atoms with Crippen molar-refractivity contribution < 1.29 is 5.11 Å². The van der Waals surface area contributed by atoms with Crippen LogP contribution >= 0.6 is 0 Å². The van der Waals surface area contributed by atoms with Crippen molar-refractivity contribution >= 4 is 0 Å². The molecular weight excluding hydrogens is 236 g/mol. The third-order valence-electron chi connectivity index (χ3n) is 4.48. The summed E-state index contributed by atoms with van der Waals surface area (Å²) in [7, 11) is 0. The number of nitriles is 1. The van der Waals surface area contributed by atoms with Gasteiger partial charge >= 0.3 is 0 Å². The van der Waals surface area contributed by atoms with E-state index >= 15 is 0 Å². The first kappa shape index (κ1) is 12.7. The summed E-state index contributed by atoms with van der Waals surface area (Å²) in [4.78, 5) is 0. The fraction of sp³-hybridized carbons (Fsp3) is 0.562. The molecule has 0 aromatic heterocycles. The zero-order valence-electron chi connectivity index (χ0n) is 11.0. The molecule has 3 nitrogen and oxygen atoms in total. The second kappa shape index (κ2) is 5.32. The fourth-order valence-electron chi connectivity index (χ4n) is 3.49. The predicted octanol–water partition coefficient (Wildman–Crippen LogP) is 2.32.